The minimum Gasteiger partial charge on any atom is -0.490 e. The molecule has 0 radical (unpaired) electrons. The Morgan fingerprint density at radius 3 is 2.72 bits per heavy atom. The molecule has 4 rings (SSSR count). The zero-order chi connectivity index (χ0) is 22.3. The van der Waals surface area contributed by atoms with Crippen LogP contribution in [0.15, 0.2) is 41.6 Å². The largest absolute Gasteiger partial charge is 0.490 e. The van der Waals surface area contributed by atoms with E-state index in [9.17, 15) is 4.79 Å². The number of aromatic nitrogens is 3. The van der Waals surface area contributed by atoms with Crippen LogP contribution in [0.1, 0.15) is 57.6 Å². The minimum absolute atomic E-state index is 0.124. The highest BCUT2D eigenvalue weighted by Crippen LogP contribution is 2.31. The predicted octanol–water partition coefficient (Wildman–Crippen LogP) is 4.53. The van der Waals surface area contributed by atoms with Gasteiger partial charge in [0.25, 0.3) is 5.56 Å². The third-order valence-electron chi connectivity index (χ3n) is 6.17. The third kappa shape index (κ3) is 5.15. The molecule has 7 nitrogen and oxygen atoms in total. The van der Waals surface area contributed by atoms with Gasteiger partial charge < -0.3 is 19.0 Å². The second-order valence-electron chi connectivity index (χ2n) is 8.47. The number of imidazole rings is 1. The summed E-state index contributed by atoms with van der Waals surface area (Å²) >= 11 is 0. The van der Waals surface area contributed by atoms with Gasteiger partial charge in [-0.25, -0.2) is 4.98 Å². The lowest BCUT2D eigenvalue weighted by molar-refractivity contribution is 0.181. The number of benzene rings is 1. The van der Waals surface area contributed by atoms with Crippen molar-refractivity contribution in [3.63, 3.8) is 0 Å². The second-order valence-corrected chi connectivity index (χ2v) is 8.47. The Bertz CT molecular complexity index is 1070. The van der Waals surface area contributed by atoms with E-state index in [2.05, 4.69) is 38.5 Å². The topological polar surface area (TPSA) is 72.4 Å². The zero-order valence-corrected chi connectivity index (χ0v) is 19.2. The van der Waals surface area contributed by atoms with Gasteiger partial charge >= 0.3 is 0 Å². The summed E-state index contributed by atoms with van der Waals surface area (Å²) < 4.78 is 14.0. The molecule has 0 atom stereocenters. The summed E-state index contributed by atoms with van der Waals surface area (Å²) in [6.45, 7) is 8.47. The number of ether oxygens (including phenoxy) is 2. The highest BCUT2D eigenvalue weighted by molar-refractivity contribution is 5.73. The van der Waals surface area contributed by atoms with Gasteiger partial charge in [0.15, 0.2) is 17.0 Å². The summed E-state index contributed by atoms with van der Waals surface area (Å²) in [4.78, 5) is 21.5. The first-order valence-corrected chi connectivity index (χ1v) is 11.8. The first kappa shape index (κ1) is 22.4. The molecule has 0 spiro atoms. The Morgan fingerprint density at radius 1 is 1.09 bits per heavy atom. The van der Waals surface area contributed by atoms with Crippen molar-refractivity contribution in [2.75, 3.05) is 26.3 Å². The number of fused-ring (bicyclic) bond motifs is 1. The lowest BCUT2D eigenvalue weighted by Crippen LogP contribution is -2.34. The Kier molecular flexibility index (Phi) is 7.47. The molecule has 1 fully saturated rings. The van der Waals surface area contributed by atoms with E-state index >= 15 is 0 Å². The number of aromatic amines is 1. The van der Waals surface area contributed by atoms with Crippen molar-refractivity contribution in [3.05, 3.63) is 52.7 Å². The van der Waals surface area contributed by atoms with Gasteiger partial charge in [0, 0.05) is 31.9 Å². The number of nitrogens with zero attached hydrogens (tertiary/aromatic N) is 3. The SMILES string of the molecule is CCCCCOc1ccc(CN2CCC(n3cnc4c(=O)[nH]ccc43)CC2)cc1OCC. The number of nitrogens with one attached hydrogen (secondary N) is 1. The summed E-state index contributed by atoms with van der Waals surface area (Å²) in [7, 11) is 0. The van der Waals surface area contributed by atoms with E-state index in [0.717, 1.165) is 62.5 Å². The molecule has 3 aromatic rings. The van der Waals surface area contributed by atoms with E-state index in [0.29, 0.717) is 18.2 Å². The maximum absolute atomic E-state index is 12.0. The summed E-state index contributed by atoms with van der Waals surface area (Å²) in [5.41, 5.74) is 2.56. The van der Waals surface area contributed by atoms with Gasteiger partial charge in [0.05, 0.1) is 25.1 Å². The Hall–Kier alpha value is -2.80. The molecule has 1 N–H and O–H groups in total. The summed E-state index contributed by atoms with van der Waals surface area (Å²) in [5, 5.41) is 0. The van der Waals surface area contributed by atoms with E-state index in [4.69, 9.17) is 9.47 Å². The highest BCUT2D eigenvalue weighted by Gasteiger charge is 2.22. The molecule has 0 amide bonds. The molecule has 172 valence electrons. The Morgan fingerprint density at radius 2 is 1.94 bits per heavy atom. The molecule has 7 heteroatoms. The van der Waals surface area contributed by atoms with Gasteiger partial charge in [-0.15, -0.1) is 0 Å². The molecular weight excluding hydrogens is 404 g/mol. The van der Waals surface area contributed by atoms with Crippen LogP contribution in [0, 0.1) is 0 Å². The molecule has 0 unspecified atom stereocenters. The van der Waals surface area contributed by atoms with Crippen molar-refractivity contribution in [3.8, 4) is 11.5 Å². The molecule has 1 aliphatic heterocycles. The minimum atomic E-state index is -0.124. The molecule has 0 saturated carbocycles. The Balaban J connectivity index is 1.36. The van der Waals surface area contributed by atoms with Crippen LogP contribution in [0.3, 0.4) is 0 Å². The van der Waals surface area contributed by atoms with Gasteiger partial charge in [0.1, 0.15) is 0 Å². The first-order valence-electron chi connectivity index (χ1n) is 11.8. The summed E-state index contributed by atoms with van der Waals surface area (Å²) in [5.74, 6) is 1.68. The number of piperidine rings is 1. The zero-order valence-electron chi connectivity index (χ0n) is 19.2. The van der Waals surface area contributed by atoms with Gasteiger partial charge in [-0.3, -0.25) is 9.69 Å². The van der Waals surface area contributed by atoms with Crippen molar-refractivity contribution < 1.29 is 9.47 Å². The van der Waals surface area contributed by atoms with Crippen molar-refractivity contribution in [1.29, 1.82) is 0 Å². The van der Waals surface area contributed by atoms with Crippen molar-refractivity contribution >= 4 is 11.0 Å². The number of likely N-dealkylation sites (tertiary alicyclic amines) is 1. The summed E-state index contributed by atoms with van der Waals surface area (Å²) in [6.07, 6.45) is 9.03. The number of hydrogen-bond donors (Lipinski definition) is 1. The van der Waals surface area contributed by atoms with Crippen LogP contribution in [-0.2, 0) is 6.54 Å². The maximum atomic E-state index is 12.0. The van der Waals surface area contributed by atoms with Crippen LogP contribution in [0.2, 0.25) is 0 Å². The maximum Gasteiger partial charge on any atom is 0.276 e. The van der Waals surface area contributed by atoms with Crippen LogP contribution >= 0.6 is 0 Å². The van der Waals surface area contributed by atoms with E-state index in [1.54, 1.807) is 6.20 Å². The van der Waals surface area contributed by atoms with E-state index < -0.39 is 0 Å². The molecule has 32 heavy (non-hydrogen) atoms. The second kappa shape index (κ2) is 10.7. The Labute approximate surface area is 189 Å². The fourth-order valence-electron chi connectivity index (χ4n) is 4.45. The lowest BCUT2D eigenvalue weighted by Gasteiger charge is -2.33. The number of rotatable bonds is 10. The van der Waals surface area contributed by atoms with E-state index in [1.807, 2.05) is 25.4 Å². The molecule has 0 aliphatic carbocycles. The molecular formula is C25H34N4O3. The summed E-state index contributed by atoms with van der Waals surface area (Å²) in [6, 6.07) is 8.64. The first-order chi connectivity index (χ1) is 15.7. The van der Waals surface area contributed by atoms with Gasteiger partial charge in [0.2, 0.25) is 0 Å². The number of pyridine rings is 1. The van der Waals surface area contributed by atoms with Crippen molar-refractivity contribution in [2.24, 2.45) is 0 Å². The molecule has 1 aromatic carbocycles. The number of H-pyrrole nitrogens is 1. The molecule has 2 aromatic heterocycles. The molecule has 3 heterocycles. The van der Waals surface area contributed by atoms with Crippen LogP contribution in [0.4, 0.5) is 0 Å². The van der Waals surface area contributed by atoms with E-state index in [1.165, 1.54) is 18.4 Å². The normalized spacial score (nSPS) is 15.3. The van der Waals surface area contributed by atoms with Crippen LogP contribution in [0.5, 0.6) is 11.5 Å². The quantitative estimate of drug-likeness (QED) is 0.471. The van der Waals surface area contributed by atoms with Gasteiger partial charge in [-0.2, -0.15) is 0 Å². The average Bonchev–Trinajstić information content (AvgIpc) is 3.24. The highest BCUT2D eigenvalue weighted by atomic mass is 16.5. The van der Waals surface area contributed by atoms with Gasteiger partial charge in [-0.1, -0.05) is 25.8 Å². The fourth-order valence-corrected chi connectivity index (χ4v) is 4.45. The molecule has 0 bridgehead atoms. The molecule has 1 saturated heterocycles. The standard InChI is InChI=1S/C25H34N4O3/c1-3-5-6-15-32-22-8-7-19(16-23(22)31-4-2)17-28-13-10-20(11-14-28)29-18-27-24-21(29)9-12-26-25(24)30/h7-9,12,16,18,20H,3-6,10-11,13-15,17H2,1-2H3,(H,26,30). The van der Waals surface area contributed by atoms with Crippen LogP contribution in [-0.4, -0.2) is 45.7 Å². The average molecular weight is 439 g/mol. The van der Waals surface area contributed by atoms with Crippen molar-refractivity contribution in [2.45, 2.75) is 58.5 Å². The molecule has 1 aliphatic rings. The van der Waals surface area contributed by atoms with Crippen molar-refractivity contribution in [1.82, 2.24) is 19.4 Å². The van der Waals surface area contributed by atoms with Crippen LogP contribution < -0.4 is 15.0 Å². The smallest absolute Gasteiger partial charge is 0.276 e. The van der Waals surface area contributed by atoms with Gasteiger partial charge in [-0.05, 0) is 49.9 Å². The number of hydrogen-bond acceptors (Lipinski definition) is 5. The monoisotopic (exact) mass is 438 g/mol. The predicted molar refractivity (Wildman–Crippen MR) is 127 cm³/mol. The fraction of sp³-hybridized carbons (Fsp3) is 0.520. The number of unbranched alkanes of at least 4 members (excludes halogenated alkanes) is 2. The lowest BCUT2D eigenvalue weighted by atomic mass is 10.0. The van der Waals surface area contributed by atoms with Crippen LogP contribution in [0.25, 0.3) is 11.0 Å². The third-order valence-corrected chi connectivity index (χ3v) is 6.17. The van der Waals surface area contributed by atoms with E-state index in [-0.39, 0.29) is 5.56 Å².